The lowest BCUT2D eigenvalue weighted by Crippen LogP contribution is -2.28. The van der Waals surface area contributed by atoms with Gasteiger partial charge in [-0.25, -0.2) is 0 Å². The fraction of sp³-hybridized carbons (Fsp3) is 0.429. The average Bonchev–Trinajstić information content (AvgIpc) is 2.83. The van der Waals surface area contributed by atoms with Gasteiger partial charge in [-0.15, -0.1) is 0 Å². The zero-order valence-electron chi connectivity index (χ0n) is 10.6. The van der Waals surface area contributed by atoms with E-state index in [9.17, 15) is 0 Å². The lowest BCUT2D eigenvalue weighted by atomic mass is 9.92. The number of aryl methyl sites for hydroxylation is 1. The van der Waals surface area contributed by atoms with Crippen LogP contribution in [0, 0.1) is 0 Å². The molecule has 0 saturated carbocycles. The molecule has 4 nitrogen and oxygen atoms in total. The Morgan fingerprint density at radius 3 is 3.11 bits per heavy atom. The predicted molar refractivity (Wildman–Crippen MR) is 71.3 cm³/mol. The van der Waals surface area contributed by atoms with Crippen LogP contribution in [0.15, 0.2) is 30.7 Å². The van der Waals surface area contributed by atoms with Gasteiger partial charge in [0.2, 0.25) is 0 Å². The maximum Gasteiger partial charge on any atom is 0.0746 e. The number of aromatic nitrogens is 3. The van der Waals surface area contributed by atoms with Crippen molar-refractivity contribution in [2.75, 3.05) is 13.1 Å². The van der Waals surface area contributed by atoms with E-state index in [-0.39, 0.29) is 0 Å². The Morgan fingerprint density at radius 1 is 1.44 bits per heavy atom. The van der Waals surface area contributed by atoms with Crippen molar-refractivity contribution < 1.29 is 0 Å². The van der Waals surface area contributed by atoms with E-state index in [4.69, 9.17) is 0 Å². The number of hydrogen-bond acceptors (Lipinski definition) is 3. The van der Waals surface area contributed by atoms with Crippen LogP contribution in [0.3, 0.4) is 0 Å². The van der Waals surface area contributed by atoms with Gasteiger partial charge in [0.15, 0.2) is 0 Å². The largest absolute Gasteiger partial charge is 0.316 e. The molecule has 0 bridgehead atoms. The Bertz CT molecular complexity index is 512. The molecule has 0 spiro atoms. The molecule has 3 rings (SSSR count). The zero-order valence-corrected chi connectivity index (χ0v) is 10.6. The van der Waals surface area contributed by atoms with Crippen LogP contribution in [-0.2, 0) is 7.05 Å². The van der Waals surface area contributed by atoms with Crippen LogP contribution in [0.1, 0.15) is 24.5 Å². The van der Waals surface area contributed by atoms with E-state index in [1.165, 1.54) is 24.1 Å². The third-order valence-electron chi connectivity index (χ3n) is 3.51. The Kier molecular flexibility index (Phi) is 3.11. The third kappa shape index (κ3) is 2.16. The molecule has 1 N–H and O–H groups in total. The first-order valence-electron chi connectivity index (χ1n) is 6.49. The summed E-state index contributed by atoms with van der Waals surface area (Å²) in [5.74, 6) is 0.523. The van der Waals surface area contributed by atoms with Crippen molar-refractivity contribution in [1.29, 1.82) is 0 Å². The molecule has 4 heteroatoms. The normalized spacial score (nSPS) is 19.9. The van der Waals surface area contributed by atoms with Crippen molar-refractivity contribution in [3.63, 3.8) is 0 Å². The van der Waals surface area contributed by atoms with E-state index in [1.807, 2.05) is 30.2 Å². The fourth-order valence-electron chi connectivity index (χ4n) is 2.64. The molecule has 1 atom stereocenters. The Morgan fingerprint density at radius 2 is 2.39 bits per heavy atom. The van der Waals surface area contributed by atoms with Crippen molar-refractivity contribution in [2.45, 2.75) is 18.8 Å². The number of nitrogens with one attached hydrogen (secondary N) is 1. The SMILES string of the molecule is Cn1cc(-c2cccnc2)c(C2CCCNC2)n1. The van der Waals surface area contributed by atoms with Crippen LogP contribution in [-0.4, -0.2) is 27.9 Å². The molecule has 1 unspecified atom stereocenters. The first-order valence-corrected chi connectivity index (χ1v) is 6.49. The van der Waals surface area contributed by atoms with Gasteiger partial charge in [-0.2, -0.15) is 5.10 Å². The van der Waals surface area contributed by atoms with Gasteiger partial charge in [0, 0.05) is 49.2 Å². The minimum absolute atomic E-state index is 0.523. The summed E-state index contributed by atoms with van der Waals surface area (Å²) in [6.45, 7) is 2.16. The summed E-state index contributed by atoms with van der Waals surface area (Å²) < 4.78 is 1.91. The molecule has 0 radical (unpaired) electrons. The van der Waals surface area contributed by atoms with E-state index in [1.54, 1.807) is 0 Å². The van der Waals surface area contributed by atoms with Crippen LogP contribution >= 0.6 is 0 Å². The smallest absolute Gasteiger partial charge is 0.0746 e. The minimum Gasteiger partial charge on any atom is -0.316 e. The third-order valence-corrected chi connectivity index (χ3v) is 3.51. The lowest BCUT2D eigenvalue weighted by Gasteiger charge is -2.22. The summed E-state index contributed by atoms with van der Waals surface area (Å²) in [5.41, 5.74) is 3.59. The van der Waals surface area contributed by atoms with E-state index < -0.39 is 0 Å². The van der Waals surface area contributed by atoms with Crippen molar-refractivity contribution in [3.05, 3.63) is 36.4 Å². The highest BCUT2D eigenvalue weighted by atomic mass is 15.3. The van der Waals surface area contributed by atoms with Gasteiger partial charge in [0.05, 0.1) is 5.69 Å². The highest BCUT2D eigenvalue weighted by Crippen LogP contribution is 2.31. The van der Waals surface area contributed by atoms with E-state index in [0.717, 1.165) is 18.7 Å². The van der Waals surface area contributed by atoms with Gasteiger partial charge in [-0.3, -0.25) is 9.67 Å². The van der Waals surface area contributed by atoms with Gasteiger partial charge in [0.1, 0.15) is 0 Å². The summed E-state index contributed by atoms with van der Waals surface area (Å²) in [7, 11) is 1.99. The molecule has 94 valence electrons. The van der Waals surface area contributed by atoms with E-state index in [0.29, 0.717) is 5.92 Å². The summed E-state index contributed by atoms with van der Waals surface area (Å²) in [6.07, 6.45) is 8.27. The number of rotatable bonds is 2. The van der Waals surface area contributed by atoms with Crippen LogP contribution in [0.4, 0.5) is 0 Å². The summed E-state index contributed by atoms with van der Waals surface area (Å²) in [5, 5.41) is 8.12. The maximum atomic E-state index is 4.66. The van der Waals surface area contributed by atoms with Crippen molar-refractivity contribution in [1.82, 2.24) is 20.1 Å². The highest BCUT2D eigenvalue weighted by Gasteiger charge is 2.22. The summed E-state index contributed by atoms with van der Waals surface area (Å²) in [6, 6.07) is 4.08. The minimum atomic E-state index is 0.523. The van der Waals surface area contributed by atoms with Crippen molar-refractivity contribution >= 4 is 0 Å². The standard InChI is InChI=1S/C14H18N4/c1-18-10-13(11-4-2-6-15-8-11)14(17-18)12-5-3-7-16-9-12/h2,4,6,8,10,12,16H,3,5,7,9H2,1H3. The molecule has 1 aliphatic rings. The van der Waals surface area contributed by atoms with Crippen LogP contribution < -0.4 is 5.32 Å². The summed E-state index contributed by atoms with van der Waals surface area (Å²) >= 11 is 0. The molecule has 1 saturated heterocycles. The van der Waals surface area contributed by atoms with E-state index in [2.05, 4.69) is 27.7 Å². The van der Waals surface area contributed by atoms with Gasteiger partial charge >= 0.3 is 0 Å². The van der Waals surface area contributed by atoms with Gasteiger partial charge in [-0.1, -0.05) is 6.07 Å². The predicted octanol–water partition coefficient (Wildman–Crippen LogP) is 1.95. The second kappa shape index (κ2) is 4.90. The molecular weight excluding hydrogens is 224 g/mol. The molecule has 2 aromatic heterocycles. The topological polar surface area (TPSA) is 42.7 Å². The number of piperidine rings is 1. The average molecular weight is 242 g/mol. The molecule has 0 aliphatic carbocycles. The molecule has 1 aliphatic heterocycles. The van der Waals surface area contributed by atoms with Gasteiger partial charge in [0.25, 0.3) is 0 Å². The van der Waals surface area contributed by atoms with Crippen LogP contribution in [0.25, 0.3) is 11.1 Å². The molecule has 2 aromatic rings. The van der Waals surface area contributed by atoms with Crippen LogP contribution in [0.2, 0.25) is 0 Å². The highest BCUT2D eigenvalue weighted by molar-refractivity contribution is 5.65. The molecular formula is C14H18N4. The van der Waals surface area contributed by atoms with Crippen molar-refractivity contribution in [2.24, 2.45) is 7.05 Å². The zero-order chi connectivity index (χ0) is 12.4. The van der Waals surface area contributed by atoms with Gasteiger partial charge in [-0.05, 0) is 25.5 Å². The molecule has 3 heterocycles. The van der Waals surface area contributed by atoms with Crippen LogP contribution in [0.5, 0.6) is 0 Å². The Balaban J connectivity index is 1.99. The molecule has 0 aromatic carbocycles. The number of pyridine rings is 1. The molecule has 0 amide bonds. The first kappa shape index (κ1) is 11.4. The second-order valence-electron chi connectivity index (χ2n) is 4.89. The monoisotopic (exact) mass is 242 g/mol. The first-order chi connectivity index (χ1) is 8.84. The maximum absolute atomic E-state index is 4.66. The second-order valence-corrected chi connectivity index (χ2v) is 4.89. The van der Waals surface area contributed by atoms with E-state index >= 15 is 0 Å². The number of hydrogen-bond donors (Lipinski definition) is 1. The Hall–Kier alpha value is -1.68. The van der Waals surface area contributed by atoms with Crippen molar-refractivity contribution in [3.8, 4) is 11.1 Å². The van der Waals surface area contributed by atoms with Gasteiger partial charge < -0.3 is 5.32 Å². The fourth-order valence-corrected chi connectivity index (χ4v) is 2.64. The quantitative estimate of drug-likeness (QED) is 0.875. The number of nitrogens with zero attached hydrogens (tertiary/aromatic N) is 3. The lowest BCUT2D eigenvalue weighted by molar-refractivity contribution is 0.452. The Labute approximate surface area is 107 Å². The molecule has 1 fully saturated rings. The molecule has 18 heavy (non-hydrogen) atoms. The summed E-state index contributed by atoms with van der Waals surface area (Å²) in [4.78, 5) is 4.20.